The number of hydrogen-bond acceptors (Lipinski definition) is 5. The van der Waals surface area contributed by atoms with Gasteiger partial charge in [-0.05, 0) is 23.7 Å². The second-order valence-corrected chi connectivity index (χ2v) is 8.87. The number of hydrogen-bond donors (Lipinski definition) is 0. The first-order valence-electron chi connectivity index (χ1n) is 9.28. The molecule has 1 rings (SSSR count). The Bertz CT molecular complexity index is 461. The van der Waals surface area contributed by atoms with Crippen LogP contribution in [0.15, 0.2) is 6.20 Å². The molecule has 1 aromatic heterocycles. The topological polar surface area (TPSA) is 58.4 Å². The van der Waals surface area contributed by atoms with Gasteiger partial charge in [-0.15, -0.1) is 5.10 Å². The third-order valence-corrected chi connectivity index (χ3v) is 3.67. The molecular weight excluding hydrogens is 318 g/mol. The Morgan fingerprint density at radius 1 is 0.800 bits per heavy atom. The van der Waals surface area contributed by atoms with Crippen LogP contribution in [0.2, 0.25) is 0 Å². The highest BCUT2D eigenvalue weighted by Gasteiger charge is 2.10. The standard InChI is InChI=1S/C19H37N3O3/c1-18(2,3)7-10-23-12-9-22-15-17(20-21-22)16-25-14-13-24-11-8-19(4,5)6/h15H,7-14,16H2,1-6H3. The van der Waals surface area contributed by atoms with E-state index in [1.807, 2.05) is 6.20 Å². The summed E-state index contributed by atoms with van der Waals surface area (Å²) in [7, 11) is 0. The molecule has 0 aliphatic carbocycles. The highest BCUT2D eigenvalue weighted by Crippen LogP contribution is 2.18. The Labute approximate surface area is 153 Å². The zero-order valence-electron chi connectivity index (χ0n) is 17.0. The van der Waals surface area contributed by atoms with E-state index in [9.17, 15) is 0 Å². The molecule has 25 heavy (non-hydrogen) atoms. The molecule has 6 nitrogen and oxygen atoms in total. The van der Waals surface area contributed by atoms with Gasteiger partial charge in [-0.25, -0.2) is 4.68 Å². The number of nitrogens with zero attached hydrogens (tertiary/aromatic N) is 3. The molecule has 0 unspecified atom stereocenters. The van der Waals surface area contributed by atoms with Gasteiger partial charge < -0.3 is 14.2 Å². The van der Waals surface area contributed by atoms with Crippen molar-refractivity contribution in [1.29, 1.82) is 0 Å². The molecule has 0 aromatic carbocycles. The van der Waals surface area contributed by atoms with Crippen molar-refractivity contribution in [1.82, 2.24) is 15.0 Å². The van der Waals surface area contributed by atoms with E-state index < -0.39 is 0 Å². The average molecular weight is 356 g/mol. The summed E-state index contributed by atoms with van der Waals surface area (Å²) >= 11 is 0. The summed E-state index contributed by atoms with van der Waals surface area (Å²) in [4.78, 5) is 0. The second kappa shape index (κ2) is 10.9. The molecule has 0 aliphatic rings. The van der Waals surface area contributed by atoms with E-state index in [0.717, 1.165) is 31.7 Å². The zero-order valence-corrected chi connectivity index (χ0v) is 17.0. The largest absolute Gasteiger partial charge is 0.380 e. The molecule has 0 saturated heterocycles. The zero-order chi connectivity index (χ0) is 18.8. The van der Waals surface area contributed by atoms with Crippen molar-refractivity contribution in [2.75, 3.05) is 33.0 Å². The monoisotopic (exact) mass is 355 g/mol. The maximum Gasteiger partial charge on any atom is 0.108 e. The minimum Gasteiger partial charge on any atom is -0.380 e. The van der Waals surface area contributed by atoms with Crippen molar-refractivity contribution in [3.8, 4) is 0 Å². The van der Waals surface area contributed by atoms with Crippen LogP contribution in [-0.4, -0.2) is 48.0 Å². The van der Waals surface area contributed by atoms with Crippen LogP contribution < -0.4 is 0 Å². The fourth-order valence-electron chi connectivity index (χ4n) is 1.93. The van der Waals surface area contributed by atoms with Crippen molar-refractivity contribution in [3.63, 3.8) is 0 Å². The minimum absolute atomic E-state index is 0.314. The van der Waals surface area contributed by atoms with Gasteiger partial charge in [-0.1, -0.05) is 46.8 Å². The number of rotatable bonds is 12. The van der Waals surface area contributed by atoms with E-state index >= 15 is 0 Å². The number of aromatic nitrogens is 3. The lowest BCUT2D eigenvalue weighted by Gasteiger charge is -2.17. The minimum atomic E-state index is 0.314. The van der Waals surface area contributed by atoms with Crippen LogP contribution in [-0.2, 0) is 27.4 Å². The molecule has 0 fully saturated rings. The predicted octanol–water partition coefficient (Wildman–Crippen LogP) is 3.70. The Hall–Kier alpha value is -0.980. The molecule has 0 bridgehead atoms. The van der Waals surface area contributed by atoms with Gasteiger partial charge in [-0.2, -0.15) is 0 Å². The van der Waals surface area contributed by atoms with Gasteiger partial charge in [0.05, 0.1) is 39.2 Å². The molecule has 0 radical (unpaired) electrons. The lowest BCUT2D eigenvalue weighted by Crippen LogP contribution is -2.12. The molecular formula is C19H37N3O3. The Kier molecular flexibility index (Phi) is 9.61. The predicted molar refractivity (Wildman–Crippen MR) is 99.5 cm³/mol. The molecule has 0 saturated carbocycles. The van der Waals surface area contributed by atoms with Crippen molar-refractivity contribution in [3.05, 3.63) is 11.9 Å². The van der Waals surface area contributed by atoms with Crippen LogP contribution >= 0.6 is 0 Å². The van der Waals surface area contributed by atoms with Crippen molar-refractivity contribution in [2.24, 2.45) is 10.8 Å². The van der Waals surface area contributed by atoms with Crippen LogP contribution in [0.1, 0.15) is 60.1 Å². The van der Waals surface area contributed by atoms with Gasteiger partial charge in [0.25, 0.3) is 0 Å². The summed E-state index contributed by atoms with van der Waals surface area (Å²) in [5, 5.41) is 8.21. The van der Waals surface area contributed by atoms with E-state index in [0.29, 0.717) is 43.8 Å². The maximum absolute atomic E-state index is 5.65. The summed E-state index contributed by atoms with van der Waals surface area (Å²) in [6.45, 7) is 17.9. The van der Waals surface area contributed by atoms with E-state index in [1.54, 1.807) is 4.68 Å². The smallest absolute Gasteiger partial charge is 0.108 e. The second-order valence-electron chi connectivity index (χ2n) is 8.87. The van der Waals surface area contributed by atoms with E-state index in [2.05, 4.69) is 51.9 Å². The molecule has 1 heterocycles. The number of ether oxygens (including phenoxy) is 3. The van der Waals surface area contributed by atoms with Crippen LogP contribution in [0.25, 0.3) is 0 Å². The highest BCUT2D eigenvalue weighted by molar-refractivity contribution is 4.89. The molecule has 1 aromatic rings. The summed E-state index contributed by atoms with van der Waals surface area (Å²) < 4.78 is 18.6. The molecule has 146 valence electrons. The first kappa shape index (κ1) is 22.1. The molecule has 0 N–H and O–H groups in total. The molecule has 6 heteroatoms. The summed E-state index contributed by atoms with van der Waals surface area (Å²) in [6.07, 6.45) is 4.02. The highest BCUT2D eigenvalue weighted by atomic mass is 16.5. The molecule has 0 amide bonds. The van der Waals surface area contributed by atoms with Gasteiger partial charge in [-0.3, -0.25) is 0 Å². The van der Waals surface area contributed by atoms with Crippen molar-refractivity contribution in [2.45, 2.75) is 67.5 Å². The summed E-state index contributed by atoms with van der Waals surface area (Å²) in [5.74, 6) is 0. The van der Waals surface area contributed by atoms with Crippen LogP contribution in [0.4, 0.5) is 0 Å². The molecule has 0 atom stereocenters. The average Bonchev–Trinajstić information content (AvgIpc) is 2.91. The first-order chi connectivity index (χ1) is 11.7. The van der Waals surface area contributed by atoms with Crippen LogP contribution in [0.5, 0.6) is 0 Å². The van der Waals surface area contributed by atoms with Gasteiger partial charge in [0.1, 0.15) is 5.69 Å². The van der Waals surface area contributed by atoms with Crippen molar-refractivity contribution < 1.29 is 14.2 Å². The Balaban J connectivity index is 2.04. The lowest BCUT2D eigenvalue weighted by molar-refractivity contribution is 0.0315. The molecule has 0 spiro atoms. The Morgan fingerprint density at radius 3 is 1.96 bits per heavy atom. The van der Waals surface area contributed by atoms with Crippen LogP contribution in [0, 0.1) is 10.8 Å². The Morgan fingerprint density at radius 2 is 1.36 bits per heavy atom. The maximum atomic E-state index is 5.65. The fourth-order valence-corrected chi connectivity index (χ4v) is 1.93. The van der Waals surface area contributed by atoms with Gasteiger partial charge in [0.15, 0.2) is 0 Å². The summed E-state index contributed by atoms with van der Waals surface area (Å²) in [5.41, 5.74) is 1.47. The van der Waals surface area contributed by atoms with Gasteiger partial charge in [0, 0.05) is 13.2 Å². The quantitative estimate of drug-likeness (QED) is 0.535. The van der Waals surface area contributed by atoms with Gasteiger partial charge in [0.2, 0.25) is 0 Å². The molecule has 0 aliphatic heterocycles. The fraction of sp³-hybridized carbons (Fsp3) is 0.895. The summed E-state index contributed by atoms with van der Waals surface area (Å²) in [6, 6.07) is 0. The van der Waals surface area contributed by atoms with E-state index in [-0.39, 0.29) is 0 Å². The normalized spacial score (nSPS) is 12.7. The lowest BCUT2D eigenvalue weighted by atomic mass is 9.93. The van der Waals surface area contributed by atoms with E-state index in [4.69, 9.17) is 14.2 Å². The van der Waals surface area contributed by atoms with Gasteiger partial charge >= 0.3 is 0 Å². The van der Waals surface area contributed by atoms with E-state index in [1.165, 1.54) is 0 Å². The third-order valence-electron chi connectivity index (χ3n) is 3.67. The van der Waals surface area contributed by atoms with Crippen LogP contribution in [0.3, 0.4) is 0 Å². The van der Waals surface area contributed by atoms with Crippen molar-refractivity contribution >= 4 is 0 Å². The third kappa shape index (κ3) is 13.0. The SMILES string of the molecule is CC(C)(C)CCOCCOCc1cn(CCOCCC(C)(C)C)nn1. The first-order valence-corrected chi connectivity index (χ1v) is 9.28.